The van der Waals surface area contributed by atoms with Gasteiger partial charge in [0, 0.05) is 0 Å². The zero-order chi connectivity index (χ0) is 15.7. The Morgan fingerprint density at radius 1 is 1.29 bits per heavy atom. The summed E-state index contributed by atoms with van der Waals surface area (Å²) >= 11 is 0. The molecule has 3 rings (SSSR count). The summed E-state index contributed by atoms with van der Waals surface area (Å²) < 4.78 is 1.67. The van der Waals surface area contributed by atoms with Gasteiger partial charge in [-0.05, 0) is 24.6 Å². The smallest absolute Gasteiger partial charge is 0.283 e. The second-order valence-electron chi connectivity index (χ2n) is 4.61. The van der Waals surface area contributed by atoms with Crippen LogP contribution in [0.5, 0.6) is 0 Å². The van der Waals surface area contributed by atoms with Gasteiger partial charge in [-0.1, -0.05) is 6.92 Å². The first kappa shape index (κ1) is 19.1. The normalized spacial score (nSPS) is 9.88. The lowest BCUT2D eigenvalue weighted by Gasteiger charge is -2.06. The van der Waals surface area contributed by atoms with Gasteiger partial charge in [0.15, 0.2) is 5.96 Å². The lowest BCUT2D eigenvalue weighted by Crippen LogP contribution is -2.24. The predicted octanol–water partition coefficient (Wildman–Crippen LogP) is -0.283. The van der Waals surface area contributed by atoms with E-state index in [1.54, 1.807) is 4.68 Å². The maximum Gasteiger partial charge on any atom is 0.283 e. The molecule has 2 heterocycles. The van der Waals surface area contributed by atoms with E-state index in [1.165, 1.54) is 6.20 Å². The van der Waals surface area contributed by atoms with Gasteiger partial charge in [0.25, 0.3) is 5.91 Å². The van der Waals surface area contributed by atoms with Crippen molar-refractivity contribution in [2.24, 2.45) is 16.5 Å². The maximum atomic E-state index is 12.0. The Kier molecular flexibility index (Phi) is 5.98. The molecule has 24 heavy (non-hydrogen) atoms. The summed E-state index contributed by atoms with van der Waals surface area (Å²) in [7, 11) is 0. The molecule has 0 unspecified atom stereocenters. The van der Waals surface area contributed by atoms with Gasteiger partial charge in [0.2, 0.25) is 0 Å². The fourth-order valence-corrected chi connectivity index (χ4v) is 2.25. The van der Waals surface area contributed by atoms with Crippen LogP contribution in [0.15, 0.2) is 29.4 Å². The topological polar surface area (TPSA) is 172 Å². The first-order valence-electron chi connectivity index (χ1n) is 6.62. The molecular formula is C13H17ClN8O2. The number of nitrogens with two attached hydrogens (primary N) is 2. The molecule has 0 fully saturated rings. The van der Waals surface area contributed by atoms with Crippen LogP contribution in [-0.4, -0.2) is 42.5 Å². The lowest BCUT2D eigenvalue weighted by atomic mass is 10.2. The van der Waals surface area contributed by atoms with Gasteiger partial charge < -0.3 is 16.9 Å². The third-order valence-corrected chi connectivity index (χ3v) is 3.21. The average Bonchev–Trinajstić information content (AvgIpc) is 3.11. The number of aromatic nitrogens is 5. The van der Waals surface area contributed by atoms with E-state index in [1.807, 2.05) is 25.1 Å². The van der Waals surface area contributed by atoms with Crippen molar-refractivity contribution >= 4 is 35.3 Å². The SMILES string of the molecule is CCc1c(C(=O)N=C(N)N)cnn1-c1ccc2n[nH]nc2c1.Cl.O. The molecule has 0 saturated carbocycles. The molecule has 1 aromatic carbocycles. The molecule has 7 N–H and O–H groups in total. The van der Waals surface area contributed by atoms with Crippen molar-refractivity contribution in [2.75, 3.05) is 0 Å². The molecular weight excluding hydrogens is 336 g/mol. The van der Waals surface area contributed by atoms with E-state index >= 15 is 0 Å². The Balaban J connectivity index is 0.00000144. The minimum atomic E-state index is -0.509. The predicted molar refractivity (Wildman–Crippen MR) is 91.4 cm³/mol. The summed E-state index contributed by atoms with van der Waals surface area (Å²) in [4.78, 5) is 15.6. The van der Waals surface area contributed by atoms with Crippen molar-refractivity contribution in [3.05, 3.63) is 35.7 Å². The second kappa shape index (κ2) is 7.53. The van der Waals surface area contributed by atoms with Crippen molar-refractivity contribution in [1.82, 2.24) is 25.2 Å². The van der Waals surface area contributed by atoms with E-state index in [9.17, 15) is 4.79 Å². The zero-order valence-corrected chi connectivity index (χ0v) is 13.5. The quantitative estimate of drug-likeness (QED) is 0.431. The second-order valence-corrected chi connectivity index (χ2v) is 4.61. The maximum absolute atomic E-state index is 12.0. The van der Waals surface area contributed by atoms with Gasteiger partial charge >= 0.3 is 0 Å². The van der Waals surface area contributed by atoms with Crippen molar-refractivity contribution < 1.29 is 10.3 Å². The van der Waals surface area contributed by atoms with Crippen molar-refractivity contribution in [2.45, 2.75) is 13.3 Å². The van der Waals surface area contributed by atoms with Gasteiger partial charge in [-0.15, -0.1) is 12.4 Å². The van der Waals surface area contributed by atoms with Crippen LogP contribution in [0, 0.1) is 0 Å². The molecule has 0 bridgehead atoms. The highest BCUT2D eigenvalue weighted by molar-refractivity contribution is 6.02. The Morgan fingerprint density at radius 3 is 2.67 bits per heavy atom. The molecule has 0 saturated heterocycles. The molecule has 0 aliphatic carbocycles. The van der Waals surface area contributed by atoms with Crippen LogP contribution >= 0.6 is 12.4 Å². The molecule has 10 nitrogen and oxygen atoms in total. The lowest BCUT2D eigenvalue weighted by molar-refractivity contribution is 0.100. The molecule has 0 spiro atoms. The number of benzene rings is 1. The van der Waals surface area contributed by atoms with Crippen LogP contribution in [0.4, 0.5) is 0 Å². The molecule has 3 aromatic rings. The van der Waals surface area contributed by atoms with Gasteiger partial charge in [-0.2, -0.15) is 25.5 Å². The molecule has 128 valence electrons. The number of halogens is 1. The molecule has 1 amide bonds. The van der Waals surface area contributed by atoms with E-state index in [2.05, 4.69) is 25.5 Å². The number of aliphatic imine (C=N–C) groups is 1. The number of hydrogen-bond acceptors (Lipinski definition) is 4. The van der Waals surface area contributed by atoms with Crippen LogP contribution < -0.4 is 11.5 Å². The number of H-pyrrole nitrogens is 1. The molecule has 0 radical (unpaired) electrons. The monoisotopic (exact) mass is 352 g/mol. The molecule has 11 heteroatoms. The van der Waals surface area contributed by atoms with Crippen molar-refractivity contribution in [1.29, 1.82) is 0 Å². The van der Waals surface area contributed by atoms with Gasteiger partial charge in [0.1, 0.15) is 11.0 Å². The third kappa shape index (κ3) is 3.34. The number of guanidine groups is 1. The number of fused-ring (bicyclic) bond motifs is 1. The number of hydrogen-bond donors (Lipinski definition) is 3. The van der Waals surface area contributed by atoms with Gasteiger partial charge in [0.05, 0.1) is 23.1 Å². The number of nitrogens with zero attached hydrogens (tertiary/aromatic N) is 5. The standard InChI is InChI=1S/C13H14N8O.ClH.H2O/c1-2-11-8(12(22)17-13(14)15)6-16-21(11)7-3-4-9-10(5-7)19-20-18-9;;/h3-6H,2H2,1H3,(H,18,19,20)(H4,14,15,17,22);1H;1H2. The van der Waals surface area contributed by atoms with Gasteiger partial charge in [-0.25, -0.2) is 4.68 Å². The number of amides is 1. The largest absolute Gasteiger partial charge is 0.412 e. The summed E-state index contributed by atoms with van der Waals surface area (Å²) in [5, 5.41) is 14.9. The van der Waals surface area contributed by atoms with Crippen molar-refractivity contribution in [3.8, 4) is 5.69 Å². The van der Waals surface area contributed by atoms with E-state index in [0.717, 1.165) is 16.9 Å². The highest BCUT2D eigenvalue weighted by atomic mass is 35.5. The average molecular weight is 353 g/mol. The Labute approximate surface area is 142 Å². The minimum absolute atomic E-state index is 0. The Morgan fingerprint density at radius 2 is 2.00 bits per heavy atom. The fraction of sp³-hybridized carbons (Fsp3) is 0.154. The van der Waals surface area contributed by atoms with Crippen LogP contribution in [0.1, 0.15) is 23.0 Å². The van der Waals surface area contributed by atoms with Crippen LogP contribution in [0.2, 0.25) is 0 Å². The zero-order valence-electron chi connectivity index (χ0n) is 12.7. The first-order chi connectivity index (χ1) is 10.6. The number of aromatic amines is 1. The number of nitrogens with one attached hydrogen (secondary N) is 1. The fourth-order valence-electron chi connectivity index (χ4n) is 2.25. The highest BCUT2D eigenvalue weighted by Crippen LogP contribution is 2.19. The van der Waals surface area contributed by atoms with Gasteiger partial charge in [-0.3, -0.25) is 4.79 Å². The third-order valence-electron chi connectivity index (χ3n) is 3.21. The summed E-state index contributed by atoms with van der Waals surface area (Å²) in [6.07, 6.45) is 2.05. The summed E-state index contributed by atoms with van der Waals surface area (Å²) in [5.41, 5.74) is 13.8. The summed E-state index contributed by atoms with van der Waals surface area (Å²) in [5.74, 6) is -0.783. The molecule has 2 aromatic heterocycles. The summed E-state index contributed by atoms with van der Waals surface area (Å²) in [6, 6.07) is 5.51. The number of rotatable bonds is 3. The molecule has 0 aliphatic rings. The van der Waals surface area contributed by atoms with E-state index in [4.69, 9.17) is 11.5 Å². The van der Waals surface area contributed by atoms with E-state index in [0.29, 0.717) is 17.5 Å². The first-order valence-corrected chi connectivity index (χ1v) is 6.62. The van der Waals surface area contributed by atoms with Crippen LogP contribution in [0.3, 0.4) is 0 Å². The van der Waals surface area contributed by atoms with Crippen molar-refractivity contribution in [3.63, 3.8) is 0 Å². The van der Waals surface area contributed by atoms with Crippen LogP contribution in [-0.2, 0) is 6.42 Å². The van der Waals surface area contributed by atoms with E-state index in [-0.39, 0.29) is 23.8 Å². The minimum Gasteiger partial charge on any atom is -0.412 e. The Bertz CT molecular complexity index is 881. The summed E-state index contributed by atoms with van der Waals surface area (Å²) in [6.45, 7) is 1.93. The van der Waals surface area contributed by atoms with Crippen LogP contribution in [0.25, 0.3) is 16.7 Å². The Hall–Kier alpha value is -2.98. The van der Waals surface area contributed by atoms with E-state index < -0.39 is 5.91 Å². The molecule has 0 atom stereocenters. The number of carbonyl (C=O) groups is 1. The molecule has 0 aliphatic heterocycles. The highest BCUT2D eigenvalue weighted by Gasteiger charge is 2.17. The number of carbonyl (C=O) groups excluding carboxylic acids is 1.